The molecule has 2 heteroatoms. The van der Waals surface area contributed by atoms with Crippen LogP contribution in [0.25, 0.3) is 0 Å². The molecule has 0 amide bonds. The Morgan fingerprint density at radius 2 is 1.58 bits per heavy atom. The van der Waals surface area contributed by atoms with Crippen molar-refractivity contribution < 1.29 is 4.74 Å². The Hall–Kier alpha value is -1.02. The molecule has 1 aliphatic heterocycles. The van der Waals surface area contributed by atoms with Crippen LogP contribution in [0.1, 0.15) is 46.0 Å². The Kier molecular flexibility index (Phi) is 8.31. The van der Waals surface area contributed by atoms with Crippen LogP contribution in [-0.2, 0) is 0 Å². The molecule has 1 saturated heterocycles. The van der Waals surface area contributed by atoms with Gasteiger partial charge in [-0.15, -0.1) is 0 Å². The average Bonchev–Trinajstić information content (AvgIpc) is 2.92. The molecule has 0 bridgehead atoms. The lowest BCUT2D eigenvalue weighted by Gasteiger charge is -2.13. The van der Waals surface area contributed by atoms with Crippen molar-refractivity contribution in [3.63, 3.8) is 0 Å². The fourth-order valence-electron chi connectivity index (χ4n) is 2.50. The van der Waals surface area contributed by atoms with Gasteiger partial charge in [-0.3, -0.25) is 0 Å². The van der Waals surface area contributed by atoms with Crippen LogP contribution in [0, 0.1) is 0 Å². The van der Waals surface area contributed by atoms with E-state index in [0.717, 1.165) is 12.4 Å². The molecule has 2 nitrogen and oxygen atoms in total. The Morgan fingerprint density at radius 1 is 0.895 bits per heavy atom. The highest BCUT2D eigenvalue weighted by Gasteiger charge is 2.09. The Labute approximate surface area is 118 Å². The van der Waals surface area contributed by atoms with Gasteiger partial charge in [-0.25, -0.2) is 0 Å². The summed E-state index contributed by atoms with van der Waals surface area (Å²) in [4.78, 5) is 2.60. The highest BCUT2D eigenvalue weighted by molar-refractivity contribution is 5.20. The van der Waals surface area contributed by atoms with E-state index in [4.69, 9.17) is 4.74 Å². The van der Waals surface area contributed by atoms with Gasteiger partial charge in [0.25, 0.3) is 0 Å². The number of hydrogen-bond donors (Lipinski definition) is 0. The van der Waals surface area contributed by atoms with E-state index in [1.807, 2.05) is 30.3 Å². The molecule has 0 aliphatic carbocycles. The molecule has 0 saturated carbocycles. The van der Waals surface area contributed by atoms with Crippen LogP contribution in [0.2, 0.25) is 0 Å². The minimum absolute atomic E-state index is 0. The number of benzene rings is 1. The van der Waals surface area contributed by atoms with Crippen molar-refractivity contribution in [2.24, 2.45) is 0 Å². The van der Waals surface area contributed by atoms with E-state index in [2.05, 4.69) is 4.90 Å². The minimum Gasteiger partial charge on any atom is -0.494 e. The molecule has 0 unspecified atom stereocenters. The molecule has 19 heavy (non-hydrogen) atoms. The van der Waals surface area contributed by atoms with Crippen molar-refractivity contribution in [3.8, 4) is 5.75 Å². The zero-order valence-corrected chi connectivity index (χ0v) is 11.3. The highest BCUT2D eigenvalue weighted by atomic mass is 16.5. The zero-order valence-electron chi connectivity index (χ0n) is 11.3. The monoisotopic (exact) mass is 263 g/mol. The third-order valence-corrected chi connectivity index (χ3v) is 3.58. The van der Waals surface area contributed by atoms with Gasteiger partial charge in [-0.1, -0.05) is 38.5 Å². The van der Waals surface area contributed by atoms with Crippen LogP contribution < -0.4 is 4.74 Å². The van der Waals surface area contributed by atoms with Crippen molar-refractivity contribution in [1.82, 2.24) is 4.90 Å². The zero-order chi connectivity index (χ0) is 12.5. The van der Waals surface area contributed by atoms with Gasteiger partial charge in [0.05, 0.1) is 6.61 Å². The molecule has 0 aromatic heterocycles. The van der Waals surface area contributed by atoms with Crippen LogP contribution in [-0.4, -0.2) is 31.1 Å². The van der Waals surface area contributed by atoms with Crippen LogP contribution >= 0.6 is 0 Å². The van der Waals surface area contributed by atoms with Gasteiger partial charge in [-0.2, -0.15) is 0 Å². The maximum Gasteiger partial charge on any atom is 0.119 e. The van der Waals surface area contributed by atoms with E-state index in [1.54, 1.807) is 0 Å². The maximum atomic E-state index is 5.68. The van der Waals surface area contributed by atoms with Crippen molar-refractivity contribution >= 4 is 0 Å². The minimum atomic E-state index is 0. The van der Waals surface area contributed by atoms with Gasteiger partial charge in [0.1, 0.15) is 5.75 Å². The van der Waals surface area contributed by atoms with E-state index in [9.17, 15) is 0 Å². The van der Waals surface area contributed by atoms with Crippen LogP contribution in [0.3, 0.4) is 0 Å². The Balaban J connectivity index is 0.00000180. The second-order valence-electron chi connectivity index (χ2n) is 5.12. The fourth-order valence-corrected chi connectivity index (χ4v) is 2.50. The first-order chi connectivity index (χ1) is 8.95. The first kappa shape index (κ1) is 16.0. The lowest BCUT2D eigenvalue weighted by molar-refractivity contribution is 0.297. The lowest BCUT2D eigenvalue weighted by atomic mass is 10.2. The van der Waals surface area contributed by atoms with Gasteiger partial charge in [-0.05, 0) is 57.5 Å². The molecule has 0 atom stereocenters. The number of rotatable bonds is 8. The average molecular weight is 263 g/mol. The standard InChI is InChI=1S/C16H25NO.CH4/c1(6-12-17-13-7-8-14-17)2-9-15-18-16-10-4-3-5-11-16;/h3-5,10-11H,1-2,6-9,12-15H2;1H4. The number of nitrogens with zero attached hydrogens (tertiary/aromatic N) is 1. The Bertz CT molecular complexity index is 306. The van der Waals surface area contributed by atoms with E-state index < -0.39 is 0 Å². The predicted molar refractivity (Wildman–Crippen MR) is 82.8 cm³/mol. The quantitative estimate of drug-likeness (QED) is 0.646. The molecule has 1 aromatic rings. The smallest absolute Gasteiger partial charge is 0.119 e. The first-order valence-corrected chi connectivity index (χ1v) is 7.35. The molecule has 0 radical (unpaired) electrons. The molecular weight excluding hydrogens is 234 g/mol. The third kappa shape index (κ3) is 6.63. The molecule has 1 aromatic carbocycles. The summed E-state index contributed by atoms with van der Waals surface area (Å²) in [7, 11) is 0. The van der Waals surface area contributed by atoms with Crippen molar-refractivity contribution in [3.05, 3.63) is 30.3 Å². The van der Waals surface area contributed by atoms with Crippen molar-refractivity contribution in [2.75, 3.05) is 26.2 Å². The number of para-hydroxylation sites is 1. The van der Waals surface area contributed by atoms with E-state index in [1.165, 1.54) is 58.2 Å². The number of hydrogen-bond acceptors (Lipinski definition) is 2. The summed E-state index contributed by atoms with van der Waals surface area (Å²) in [5.74, 6) is 0.995. The summed E-state index contributed by atoms with van der Waals surface area (Å²) < 4.78 is 5.68. The second kappa shape index (κ2) is 9.85. The van der Waals surface area contributed by atoms with Gasteiger partial charge in [0, 0.05) is 0 Å². The highest BCUT2D eigenvalue weighted by Crippen LogP contribution is 2.11. The molecule has 1 fully saturated rings. The first-order valence-electron chi connectivity index (χ1n) is 7.35. The van der Waals surface area contributed by atoms with Crippen LogP contribution in [0.4, 0.5) is 0 Å². The maximum absolute atomic E-state index is 5.68. The number of unbranched alkanes of at least 4 members (excludes halogenated alkanes) is 3. The van der Waals surface area contributed by atoms with E-state index in [0.29, 0.717) is 0 Å². The van der Waals surface area contributed by atoms with Gasteiger partial charge in [0.15, 0.2) is 0 Å². The molecule has 1 heterocycles. The molecule has 1 aliphatic rings. The Morgan fingerprint density at radius 3 is 2.32 bits per heavy atom. The molecule has 0 N–H and O–H groups in total. The molecule has 0 spiro atoms. The second-order valence-corrected chi connectivity index (χ2v) is 5.12. The summed E-state index contributed by atoms with van der Waals surface area (Å²) in [6, 6.07) is 10.1. The summed E-state index contributed by atoms with van der Waals surface area (Å²) in [5.41, 5.74) is 0. The summed E-state index contributed by atoms with van der Waals surface area (Å²) >= 11 is 0. The SMILES string of the molecule is C.c1ccc(OCCCCCCN2CCCC2)cc1. The third-order valence-electron chi connectivity index (χ3n) is 3.58. The number of likely N-dealkylation sites (tertiary alicyclic amines) is 1. The predicted octanol–water partition coefficient (Wildman–Crippen LogP) is 4.36. The van der Waals surface area contributed by atoms with E-state index in [-0.39, 0.29) is 7.43 Å². The number of ether oxygens (including phenoxy) is 1. The van der Waals surface area contributed by atoms with Crippen LogP contribution in [0.5, 0.6) is 5.75 Å². The van der Waals surface area contributed by atoms with Gasteiger partial charge >= 0.3 is 0 Å². The largest absolute Gasteiger partial charge is 0.494 e. The fraction of sp³-hybridized carbons (Fsp3) is 0.647. The van der Waals surface area contributed by atoms with Crippen molar-refractivity contribution in [1.29, 1.82) is 0 Å². The van der Waals surface area contributed by atoms with Gasteiger partial charge in [0.2, 0.25) is 0 Å². The van der Waals surface area contributed by atoms with Crippen molar-refractivity contribution in [2.45, 2.75) is 46.0 Å². The van der Waals surface area contributed by atoms with E-state index >= 15 is 0 Å². The normalized spacial score (nSPS) is 15.2. The topological polar surface area (TPSA) is 12.5 Å². The lowest BCUT2D eigenvalue weighted by Crippen LogP contribution is -2.20. The summed E-state index contributed by atoms with van der Waals surface area (Å²) in [5, 5.41) is 0. The van der Waals surface area contributed by atoms with Crippen LogP contribution in [0.15, 0.2) is 30.3 Å². The van der Waals surface area contributed by atoms with Gasteiger partial charge < -0.3 is 9.64 Å². The summed E-state index contributed by atoms with van der Waals surface area (Å²) in [6.45, 7) is 4.82. The molecule has 108 valence electrons. The summed E-state index contributed by atoms with van der Waals surface area (Å²) in [6.07, 6.45) is 7.98. The molecular formula is C17H29NO. The molecule has 2 rings (SSSR count).